The van der Waals surface area contributed by atoms with Crippen molar-refractivity contribution in [3.63, 3.8) is 0 Å². The zero-order chi connectivity index (χ0) is 12.3. The van der Waals surface area contributed by atoms with Crippen LogP contribution >= 0.6 is 0 Å². The monoisotopic (exact) mass is 234 g/mol. The lowest BCUT2D eigenvalue weighted by atomic mass is 9.93. The van der Waals surface area contributed by atoms with Crippen molar-refractivity contribution in [1.82, 2.24) is 0 Å². The predicted molar refractivity (Wildman–Crippen MR) is 62.0 cm³/mol. The molecule has 1 aromatic carbocycles. The van der Waals surface area contributed by atoms with Crippen molar-refractivity contribution in [2.45, 2.75) is 37.8 Å². The van der Waals surface area contributed by atoms with E-state index in [1.54, 1.807) is 12.1 Å². The molecule has 3 nitrogen and oxygen atoms in total. The summed E-state index contributed by atoms with van der Waals surface area (Å²) in [6.45, 7) is 0. The van der Waals surface area contributed by atoms with Crippen molar-refractivity contribution >= 4 is 0 Å². The van der Waals surface area contributed by atoms with Gasteiger partial charge in [-0.2, -0.15) is 5.26 Å². The lowest BCUT2D eigenvalue weighted by Gasteiger charge is -2.27. The summed E-state index contributed by atoms with van der Waals surface area (Å²) in [5.74, 6) is -0.211. The van der Waals surface area contributed by atoms with Crippen LogP contribution in [0.2, 0.25) is 0 Å². The van der Waals surface area contributed by atoms with E-state index in [1.807, 2.05) is 6.07 Å². The normalized spacial score (nSPS) is 24.1. The average Bonchev–Trinajstić information content (AvgIpc) is 2.29. The first kappa shape index (κ1) is 11.9. The van der Waals surface area contributed by atoms with Gasteiger partial charge in [-0.15, -0.1) is 0 Å². The molecule has 2 unspecified atom stereocenters. The van der Waals surface area contributed by atoms with E-state index in [-0.39, 0.29) is 17.7 Å². The lowest BCUT2D eigenvalue weighted by Crippen LogP contribution is -2.33. The predicted octanol–water partition coefficient (Wildman–Crippen LogP) is 2.35. The zero-order valence-corrected chi connectivity index (χ0v) is 9.53. The third kappa shape index (κ3) is 2.75. The van der Waals surface area contributed by atoms with Gasteiger partial charge < -0.3 is 10.5 Å². The number of halogens is 1. The van der Waals surface area contributed by atoms with E-state index in [0.717, 1.165) is 25.7 Å². The molecule has 0 radical (unpaired) electrons. The smallest absolute Gasteiger partial charge is 0.144 e. The highest BCUT2D eigenvalue weighted by Gasteiger charge is 2.22. The molecule has 1 saturated carbocycles. The third-order valence-electron chi connectivity index (χ3n) is 3.05. The first-order valence-electron chi connectivity index (χ1n) is 5.81. The quantitative estimate of drug-likeness (QED) is 0.854. The third-order valence-corrected chi connectivity index (χ3v) is 3.05. The van der Waals surface area contributed by atoms with Crippen LogP contribution in [-0.2, 0) is 0 Å². The molecule has 2 rings (SSSR count). The maximum absolute atomic E-state index is 13.4. The van der Waals surface area contributed by atoms with Gasteiger partial charge in [0.25, 0.3) is 0 Å². The Morgan fingerprint density at radius 3 is 2.94 bits per heavy atom. The largest absolute Gasteiger partial charge is 0.489 e. The zero-order valence-electron chi connectivity index (χ0n) is 9.53. The first-order chi connectivity index (χ1) is 8.20. The Hall–Kier alpha value is -1.60. The van der Waals surface area contributed by atoms with E-state index >= 15 is 0 Å². The molecular formula is C13H15FN2O. The van der Waals surface area contributed by atoms with Gasteiger partial charge in [0, 0.05) is 6.04 Å². The highest BCUT2D eigenvalue weighted by molar-refractivity contribution is 5.43. The highest BCUT2D eigenvalue weighted by Crippen LogP contribution is 2.26. The molecule has 1 aromatic rings. The second-order valence-electron chi connectivity index (χ2n) is 4.39. The molecular weight excluding hydrogens is 219 g/mol. The molecule has 1 aliphatic rings. The number of nitriles is 1. The minimum absolute atomic E-state index is 0.00681. The minimum Gasteiger partial charge on any atom is -0.489 e. The summed E-state index contributed by atoms with van der Waals surface area (Å²) in [5.41, 5.74) is 5.84. The Bertz CT molecular complexity index is 442. The molecule has 0 aromatic heterocycles. The molecule has 2 N–H and O–H groups in total. The molecule has 0 amide bonds. The van der Waals surface area contributed by atoms with Crippen LogP contribution in [0, 0.1) is 17.1 Å². The number of hydrogen-bond donors (Lipinski definition) is 1. The summed E-state index contributed by atoms with van der Waals surface area (Å²) >= 11 is 0. The molecule has 1 aliphatic carbocycles. The van der Waals surface area contributed by atoms with Crippen molar-refractivity contribution < 1.29 is 9.13 Å². The van der Waals surface area contributed by atoms with E-state index < -0.39 is 5.82 Å². The van der Waals surface area contributed by atoms with E-state index in [4.69, 9.17) is 15.7 Å². The van der Waals surface area contributed by atoms with Crippen LogP contribution in [0.5, 0.6) is 5.75 Å². The molecule has 0 bridgehead atoms. The molecule has 17 heavy (non-hydrogen) atoms. The standard InChI is InChI=1S/C13H15FN2O/c14-12-5-2-6-13(11(12)8-15)17-10-4-1-3-9(16)7-10/h2,5-6,9-10H,1,3-4,7,16H2. The second-order valence-corrected chi connectivity index (χ2v) is 4.39. The molecule has 0 spiro atoms. The maximum Gasteiger partial charge on any atom is 0.144 e. The Balaban J connectivity index is 2.13. The minimum atomic E-state index is -0.537. The molecule has 0 saturated heterocycles. The highest BCUT2D eigenvalue weighted by atomic mass is 19.1. The average molecular weight is 234 g/mol. The summed E-state index contributed by atoms with van der Waals surface area (Å²) in [6, 6.07) is 6.42. The van der Waals surface area contributed by atoms with E-state index in [1.165, 1.54) is 6.07 Å². The van der Waals surface area contributed by atoms with Crippen LogP contribution in [0.3, 0.4) is 0 Å². The Morgan fingerprint density at radius 1 is 1.41 bits per heavy atom. The Labute approximate surface area is 100.0 Å². The van der Waals surface area contributed by atoms with Gasteiger partial charge >= 0.3 is 0 Å². The van der Waals surface area contributed by atoms with Crippen LogP contribution in [0.4, 0.5) is 4.39 Å². The number of ether oxygens (including phenoxy) is 1. The van der Waals surface area contributed by atoms with Gasteiger partial charge in [-0.05, 0) is 37.8 Å². The van der Waals surface area contributed by atoms with Gasteiger partial charge in [0.15, 0.2) is 0 Å². The van der Waals surface area contributed by atoms with Crippen molar-refractivity contribution in [1.29, 1.82) is 5.26 Å². The van der Waals surface area contributed by atoms with Crippen LogP contribution < -0.4 is 10.5 Å². The topological polar surface area (TPSA) is 59.0 Å². The fourth-order valence-electron chi connectivity index (χ4n) is 2.18. The maximum atomic E-state index is 13.4. The molecule has 2 atom stereocenters. The summed E-state index contributed by atoms with van der Waals surface area (Å²) < 4.78 is 19.0. The van der Waals surface area contributed by atoms with Gasteiger partial charge in [0.1, 0.15) is 29.3 Å². The number of nitrogens with two attached hydrogens (primary N) is 1. The van der Waals surface area contributed by atoms with E-state index in [2.05, 4.69) is 0 Å². The SMILES string of the molecule is N#Cc1c(F)cccc1OC1CCCC(N)C1. The lowest BCUT2D eigenvalue weighted by molar-refractivity contribution is 0.143. The summed E-state index contributed by atoms with van der Waals surface area (Å²) in [7, 11) is 0. The van der Waals surface area contributed by atoms with Crippen LogP contribution in [-0.4, -0.2) is 12.1 Å². The summed E-state index contributed by atoms with van der Waals surface area (Å²) in [4.78, 5) is 0. The van der Waals surface area contributed by atoms with E-state index in [0.29, 0.717) is 5.75 Å². The van der Waals surface area contributed by atoms with Crippen molar-refractivity contribution in [3.8, 4) is 11.8 Å². The number of rotatable bonds is 2. The molecule has 90 valence electrons. The van der Waals surface area contributed by atoms with Gasteiger partial charge in [0.2, 0.25) is 0 Å². The van der Waals surface area contributed by atoms with Gasteiger partial charge in [-0.1, -0.05) is 6.07 Å². The second kappa shape index (κ2) is 5.15. The summed E-state index contributed by atoms with van der Waals surface area (Å²) in [6.07, 6.45) is 3.70. The van der Waals surface area contributed by atoms with Crippen LogP contribution in [0.15, 0.2) is 18.2 Å². The van der Waals surface area contributed by atoms with Crippen LogP contribution in [0.1, 0.15) is 31.2 Å². The van der Waals surface area contributed by atoms with Crippen molar-refractivity contribution in [2.24, 2.45) is 5.73 Å². The molecule has 1 fully saturated rings. The number of hydrogen-bond acceptors (Lipinski definition) is 3. The number of nitrogens with zero attached hydrogens (tertiary/aromatic N) is 1. The summed E-state index contributed by atoms with van der Waals surface area (Å²) in [5, 5.41) is 8.89. The molecule has 0 aliphatic heterocycles. The Kier molecular flexibility index (Phi) is 3.60. The van der Waals surface area contributed by atoms with Gasteiger partial charge in [0.05, 0.1) is 0 Å². The fourth-order valence-corrected chi connectivity index (χ4v) is 2.18. The number of benzene rings is 1. The fraction of sp³-hybridized carbons (Fsp3) is 0.462. The van der Waals surface area contributed by atoms with Crippen molar-refractivity contribution in [3.05, 3.63) is 29.6 Å². The van der Waals surface area contributed by atoms with E-state index in [9.17, 15) is 4.39 Å². The van der Waals surface area contributed by atoms with Gasteiger partial charge in [-0.25, -0.2) is 4.39 Å². The van der Waals surface area contributed by atoms with Crippen molar-refractivity contribution in [2.75, 3.05) is 0 Å². The van der Waals surface area contributed by atoms with Crippen LogP contribution in [0.25, 0.3) is 0 Å². The Morgan fingerprint density at radius 2 is 2.24 bits per heavy atom. The molecule has 4 heteroatoms. The van der Waals surface area contributed by atoms with Gasteiger partial charge in [-0.3, -0.25) is 0 Å². The first-order valence-corrected chi connectivity index (χ1v) is 5.81. The molecule has 0 heterocycles.